The molecule has 4 N–H and O–H groups in total. The van der Waals surface area contributed by atoms with E-state index in [1.165, 1.54) is 0 Å². The lowest BCUT2D eigenvalue weighted by Crippen LogP contribution is -2.51. The average molecular weight is 428 g/mol. The third-order valence-corrected chi connectivity index (χ3v) is 4.62. The molecule has 0 unspecified atom stereocenters. The molecule has 1 amide bonds. The van der Waals surface area contributed by atoms with Crippen molar-refractivity contribution >= 4 is 11.6 Å². The largest absolute Gasteiger partial charge is 0.495 e. The third kappa shape index (κ3) is 4.53. The maximum atomic E-state index is 12.1. The Balaban J connectivity index is 2.07. The second-order valence-electron chi connectivity index (χ2n) is 6.48. The fraction of sp³-hybridized carbons (Fsp3) is 0.286. The van der Waals surface area contributed by atoms with Crippen LogP contribution >= 0.6 is 0 Å². The maximum absolute atomic E-state index is 12.1. The minimum absolute atomic E-state index is 0.137. The first-order chi connectivity index (χ1) is 15.1. The van der Waals surface area contributed by atoms with Crippen LogP contribution in [0.4, 0.5) is 5.69 Å². The molecule has 0 saturated heterocycles. The van der Waals surface area contributed by atoms with Crippen LogP contribution < -0.4 is 30.0 Å². The number of methoxy groups -OCH3 is 4. The van der Waals surface area contributed by atoms with Gasteiger partial charge in [0.05, 0.1) is 64.7 Å². The lowest BCUT2D eigenvalue weighted by Gasteiger charge is -2.15. The quantitative estimate of drug-likeness (QED) is 0.530. The van der Waals surface area contributed by atoms with Gasteiger partial charge in [0.1, 0.15) is 5.75 Å². The Kier molecular flexibility index (Phi) is 6.93. The van der Waals surface area contributed by atoms with E-state index in [0.29, 0.717) is 53.0 Å². The van der Waals surface area contributed by atoms with Crippen LogP contribution in [0, 0.1) is 0 Å². The summed E-state index contributed by atoms with van der Waals surface area (Å²) in [5.74, 6) is 1.88. The highest BCUT2D eigenvalue weighted by molar-refractivity contribution is 5.93. The Morgan fingerprint density at radius 2 is 1.68 bits per heavy atom. The molecule has 1 heterocycles. The van der Waals surface area contributed by atoms with Crippen LogP contribution in [-0.2, 0) is 4.79 Å². The zero-order chi connectivity index (χ0) is 22.4. The average Bonchev–Trinajstić information content (AvgIpc) is 3.28. The number of quaternary nitrogens is 1. The van der Waals surface area contributed by atoms with Crippen LogP contribution in [0.25, 0.3) is 16.9 Å². The van der Waals surface area contributed by atoms with Crippen molar-refractivity contribution in [2.75, 3.05) is 40.3 Å². The molecule has 164 valence electrons. The number of anilines is 1. The molecule has 31 heavy (non-hydrogen) atoms. The molecule has 10 nitrogen and oxygen atoms in total. The van der Waals surface area contributed by atoms with Crippen molar-refractivity contribution in [1.82, 2.24) is 15.0 Å². The van der Waals surface area contributed by atoms with E-state index >= 15 is 0 Å². The van der Waals surface area contributed by atoms with E-state index in [2.05, 4.69) is 21.4 Å². The number of benzene rings is 2. The zero-order valence-electron chi connectivity index (χ0n) is 18.0. The van der Waals surface area contributed by atoms with Crippen LogP contribution in [0.1, 0.15) is 6.42 Å². The lowest BCUT2D eigenvalue weighted by molar-refractivity contribution is -0.365. The first-order valence-electron chi connectivity index (χ1n) is 9.54. The normalized spacial score (nSPS) is 10.5. The summed E-state index contributed by atoms with van der Waals surface area (Å²) >= 11 is 0. The van der Waals surface area contributed by atoms with Crippen LogP contribution in [0.3, 0.4) is 0 Å². The Morgan fingerprint density at radius 1 is 1.00 bits per heavy atom. The standard InChI is InChI=1S/C21H25N5O5/c1-28-17-6-5-13(9-15(17)24-20(27)7-8-22)16-12-23-25-26(16)14-10-18(29-2)21(31-4)19(11-14)30-3/h5-6,9-12H,7-8,22H2,1-4H3,(H,24,27)/p+1. The SMILES string of the molecule is COc1ccc(-c2cnnn2-c2cc(OC)c(OC)c(OC)c2)cc1NC(=O)CC[NH3+]. The summed E-state index contributed by atoms with van der Waals surface area (Å²) < 4.78 is 23.3. The highest BCUT2D eigenvalue weighted by atomic mass is 16.5. The van der Waals surface area contributed by atoms with Crippen LogP contribution in [0.15, 0.2) is 36.5 Å². The van der Waals surface area contributed by atoms with Crippen molar-refractivity contribution in [3.05, 3.63) is 36.5 Å². The molecule has 3 rings (SSSR count). The topological polar surface area (TPSA) is 124 Å². The molecule has 0 saturated carbocycles. The van der Waals surface area contributed by atoms with Gasteiger partial charge in [-0.15, -0.1) is 5.10 Å². The summed E-state index contributed by atoms with van der Waals surface area (Å²) in [7, 11) is 6.19. The van der Waals surface area contributed by atoms with Gasteiger partial charge in [-0.25, -0.2) is 4.68 Å². The molecular weight excluding hydrogens is 402 g/mol. The number of hydrogen-bond donors (Lipinski definition) is 2. The number of amides is 1. The zero-order valence-corrected chi connectivity index (χ0v) is 18.0. The van der Waals surface area contributed by atoms with E-state index in [9.17, 15) is 4.79 Å². The van der Waals surface area contributed by atoms with E-state index in [1.54, 1.807) is 57.5 Å². The third-order valence-electron chi connectivity index (χ3n) is 4.62. The first-order valence-corrected chi connectivity index (χ1v) is 9.54. The molecule has 2 aromatic carbocycles. The number of ether oxygens (including phenoxy) is 4. The minimum atomic E-state index is -0.137. The first kappa shape index (κ1) is 21.9. The number of hydrogen-bond acceptors (Lipinski definition) is 7. The predicted molar refractivity (Wildman–Crippen MR) is 114 cm³/mol. The van der Waals surface area contributed by atoms with Gasteiger partial charge in [0.15, 0.2) is 11.5 Å². The second kappa shape index (κ2) is 9.81. The van der Waals surface area contributed by atoms with E-state index in [0.717, 1.165) is 5.56 Å². The van der Waals surface area contributed by atoms with E-state index in [-0.39, 0.29) is 5.91 Å². The smallest absolute Gasteiger partial charge is 0.230 e. The molecule has 0 atom stereocenters. The number of rotatable bonds is 9. The fourth-order valence-electron chi connectivity index (χ4n) is 3.15. The summed E-state index contributed by atoms with van der Waals surface area (Å²) in [5, 5.41) is 11.1. The van der Waals surface area contributed by atoms with Crippen LogP contribution in [0.2, 0.25) is 0 Å². The molecule has 0 radical (unpaired) electrons. The molecule has 10 heteroatoms. The summed E-state index contributed by atoms with van der Waals surface area (Å²) in [5.41, 5.74) is 6.41. The van der Waals surface area contributed by atoms with Crippen LogP contribution in [0.5, 0.6) is 23.0 Å². The van der Waals surface area contributed by atoms with Crippen molar-refractivity contribution in [3.8, 4) is 39.9 Å². The van der Waals surface area contributed by atoms with Crippen molar-refractivity contribution in [2.45, 2.75) is 6.42 Å². The molecule has 0 fully saturated rings. The summed E-state index contributed by atoms with van der Waals surface area (Å²) in [6, 6.07) is 9.01. The Labute approximate surface area is 179 Å². The number of carbonyl (C=O) groups is 1. The molecular formula is C21H26N5O5+. The highest BCUT2D eigenvalue weighted by Gasteiger charge is 2.18. The molecule has 0 bridgehead atoms. The summed E-state index contributed by atoms with van der Waals surface area (Å²) in [6.07, 6.45) is 1.95. The highest BCUT2D eigenvalue weighted by Crippen LogP contribution is 2.40. The lowest BCUT2D eigenvalue weighted by atomic mass is 10.1. The van der Waals surface area contributed by atoms with Gasteiger partial charge in [-0.3, -0.25) is 4.79 Å². The van der Waals surface area contributed by atoms with E-state index in [1.807, 2.05) is 12.1 Å². The van der Waals surface area contributed by atoms with Gasteiger partial charge in [-0.05, 0) is 18.2 Å². The molecule has 0 aliphatic carbocycles. The molecule has 0 spiro atoms. The minimum Gasteiger partial charge on any atom is -0.495 e. The van der Waals surface area contributed by atoms with Crippen molar-refractivity contribution in [3.63, 3.8) is 0 Å². The van der Waals surface area contributed by atoms with Gasteiger partial charge in [-0.2, -0.15) is 0 Å². The van der Waals surface area contributed by atoms with E-state index < -0.39 is 0 Å². The van der Waals surface area contributed by atoms with Gasteiger partial charge in [0, 0.05) is 17.7 Å². The number of nitrogens with zero attached hydrogens (tertiary/aromatic N) is 3. The van der Waals surface area contributed by atoms with Gasteiger partial charge in [0.2, 0.25) is 11.7 Å². The van der Waals surface area contributed by atoms with Gasteiger partial charge < -0.3 is 30.0 Å². The number of carbonyl (C=O) groups excluding carboxylic acids is 1. The molecule has 3 aromatic rings. The van der Waals surface area contributed by atoms with E-state index in [4.69, 9.17) is 18.9 Å². The number of aromatic nitrogens is 3. The van der Waals surface area contributed by atoms with Crippen molar-refractivity contribution in [1.29, 1.82) is 0 Å². The monoisotopic (exact) mass is 428 g/mol. The van der Waals surface area contributed by atoms with Crippen LogP contribution in [-0.4, -0.2) is 55.9 Å². The fourth-order valence-corrected chi connectivity index (χ4v) is 3.15. The Morgan fingerprint density at radius 3 is 2.26 bits per heavy atom. The maximum Gasteiger partial charge on any atom is 0.230 e. The second-order valence-corrected chi connectivity index (χ2v) is 6.48. The molecule has 1 aromatic heterocycles. The predicted octanol–water partition coefficient (Wildman–Crippen LogP) is 1.54. The van der Waals surface area contributed by atoms with Gasteiger partial charge in [-0.1, -0.05) is 5.21 Å². The summed E-state index contributed by atoms with van der Waals surface area (Å²) in [4.78, 5) is 12.1. The summed E-state index contributed by atoms with van der Waals surface area (Å²) in [6.45, 7) is 0.506. The number of nitrogens with one attached hydrogen (secondary N) is 1. The van der Waals surface area contributed by atoms with Crippen molar-refractivity contribution in [2.24, 2.45) is 0 Å². The van der Waals surface area contributed by atoms with Gasteiger partial charge in [0.25, 0.3) is 0 Å². The Bertz CT molecular complexity index is 1040. The van der Waals surface area contributed by atoms with Crippen molar-refractivity contribution < 1.29 is 29.5 Å². The van der Waals surface area contributed by atoms with Gasteiger partial charge >= 0.3 is 0 Å². The molecule has 0 aliphatic rings. The molecule has 0 aliphatic heterocycles. The Hall–Kier alpha value is -3.79.